The summed E-state index contributed by atoms with van der Waals surface area (Å²) in [5.74, 6) is 0.0800. The first-order chi connectivity index (χ1) is 11.6. The largest absolute Gasteiger partial charge is 0.322 e. The van der Waals surface area contributed by atoms with Crippen molar-refractivity contribution in [3.8, 4) is 0 Å². The van der Waals surface area contributed by atoms with Gasteiger partial charge in [-0.25, -0.2) is 10.4 Å². The molecule has 2 heterocycles. The summed E-state index contributed by atoms with van der Waals surface area (Å²) in [6.07, 6.45) is 3.40. The van der Waals surface area contributed by atoms with Crippen LogP contribution in [0.3, 0.4) is 0 Å². The maximum absolute atomic E-state index is 12.0. The predicted molar refractivity (Wildman–Crippen MR) is 96.0 cm³/mol. The molecule has 0 unspecified atom stereocenters. The van der Waals surface area contributed by atoms with Crippen molar-refractivity contribution in [1.82, 2.24) is 20.0 Å². The van der Waals surface area contributed by atoms with Crippen LogP contribution in [0.1, 0.15) is 12.5 Å². The fourth-order valence-corrected chi connectivity index (χ4v) is 2.98. The fourth-order valence-electron chi connectivity index (χ4n) is 2.20. The summed E-state index contributed by atoms with van der Waals surface area (Å²) in [4.78, 5) is 20.5. The maximum Gasteiger partial charge on any atom is 0.250 e. The highest BCUT2D eigenvalue weighted by Crippen LogP contribution is 2.22. The second-order valence-corrected chi connectivity index (χ2v) is 6.15. The van der Waals surface area contributed by atoms with E-state index in [0.717, 1.165) is 21.8 Å². The van der Waals surface area contributed by atoms with E-state index in [1.54, 1.807) is 12.4 Å². The van der Waals surface area contributed by atoms with E-state index in [9.17, 15) is 4.79 Å². The van der Waals surface area contributed by atoms with Gasteiger partial charge in [0.15, 0.2) is 5.16 Å². The van der Waals surface area contributed by atoms with E-state index in [-0.39, 0.29) is 11.7 Å². The lowest BCUT2D eigenvalue weighted by molar-refractivity contribution is -0.118. The van der Waals surface area contributed by atoms with Crippen LogP contribution in [-0.4, -0.2) is 31.9 Å². The molecule has 122 valence electrons. The van der Waals surface area contributed by atoms with Crippen molar-refractivity contribution >= 4 is 34.4 Å². The number of thioether (sulfide) groups is 1. The molecule has 0 saturated carbocycles. The van der Waals surface area contributed by atoms with Crippen molar-refractivity contribution in [2.45, 2.75) is 12.1 Å². The highest BCUT2D eigenvalue weighted by molar-refractivity contribution is 7.99. The Morgan fingerprint density at radius 1 is 1.29 bits per heavy atom. The highest BCUT2D eigenvalue weighted by atomic mass is 32.2. The number of hydrazone groups is 1. The number of amides is 1. The zero-order valence-corrected chi connectivity index (χ0v) is 14.2. The van der Waals surface area contributed by atoms with Crippen LogP contribution in [0.5, 0.6) is 0 Å². The number of hydrogen-bond acceptors (Lipinski definition) is 5. The lowest BCUT2D eigenvalue weighted by Crippen LogP contribution is -2.21. The summed E-state index contributed by atoms with van der Waals surface area (Å²) in [5.41, 5.74) is 6.13. The fraction of sp³-hybridized carbons (Fsp3) is 0.176. The third-order valence-corrected chi connectivity index (χ3v) is 4.54. The minimum Gasteiger partial charge on any atom is -0.322 e. The van der Waals surface area contributed by atoms with E-state index in [1.165, 1.54) is 11.8 Å². The molecule has 0 radical (unpaired) electrons. The van der Waals surface area contributed by atoms with Gasteiger partial charge >= 0.3 is 0 Å². The van der Waals surface area contributed by atoms with Crippen LogP contribution < -0.4 is 5.43 Å². The van der Waals surface area contributed by atoms with Crippen molar-refractivity contribution in [1.29, 1.82) is 0 Å². The number of pyridine rings is 1. The monoisotopic (exact) mass is 339 g/mol. The molecule has 6 nitrogen and oxygen atoms in total. The molecular weight excluding hydrogens is 322 g/mol. The number of imidazole rings is 1. The Labute approximate surface area is 144 Å². The second-order valence-electron chi connectivity index (χ2n) is 5.20. The maximum atomic E-state index is 12.0. The predicted octanol–water partition coefficient (Wildman–Crippen LogP) is 2.60. The summed E-state index contributed by atoms with van der Waals surface area (Å²) in [5, 5.41) is 4.91. The third kappa shape index (κ3) is 3.62. The molecule has 1 N–H and O–H groups in total. The van der Waals surface area contributed by atoms with Crippen LogP contribution in [0.2, 0.25) is 0 Å². The normalized spacial score (nSPS) is 11.7. The van der Waals surface area contributed by atoms with Crippen molar-refractivity contribution in [2.24, 2.45) is 12.1 Å². The number of carbonyl (C=O) groups excluding carboxylic acids is 1. The lowest BCUT2D eigenvalue weighted by atomic mass is 10.2. The van der Waals surface area contributed by atoms with E-state index in [2.05, 4.69) is 20.5 Å². The number of para-hydroxylation sites is 2. The van der Waals surface area contributed by atoms with E-state index < -0.39 is 0 Å². The van der Waals surface area contributed by atoms with Crippen LogP contribution in [0.25, 0.3) is 11.0 Å². The van der Waals surface area contributed by atoms with Crippen molar-refractivity contribution in [3.63, 3.8) is 0 Å². The van der Waals surface area contributed by atoms with Crippen LogP contribution >= 0.6 is 11.8 Å². The molecule has 24 heavy (non-hydrogen) atoms. The molecule has 0 aliphatic heterocycles. The summed E-state index contributed by atoms with van der Waals surface area (Å²) >= 11 is 1.39. The third-order valence-electron chi connectivity index (χ3n) is 3.51. The minimum absolute atomic E-state index is 0.171. The standard InChI is InChI=1S/C17H17N5OS/c1-12(13-6-5-9-18-10-13)20-21-16(23)11-24-17-19-14-7-3-4-8-15(14)22(17)2/h3-10H,11H2,1-2H3,(H,21,23). The second kappa shape index (κ2) is 7.27. The smallest absolute Gasteiger partial charge is 0.250 e. The molecule has 0 aliphatic carbocycles. The molecule has 3 rings (SSSR count). The van der Waals surface area contributed by atoms with E-state index in [1.807, 2.05) is 54.9 Å². The number of nitrogens with one attached hydrogen (secondary N) is 1. The first-order valence-corrected chi connectivity index (χ1v) is 8.41. The van der Waals surface area contributed by atoms with Gasteiger partial charge in [-0.05, 0) is 25.1 Å². The number of hydrogen-bond donors (Lipinski definition) is 1. The first kappa shape index (κ1) is 16.2. The van der Waals surface area contributed by atoms with Gasteiger partial charge in [0.2, 0.25) is 0 Å². The molecule has 0 saturated heterocycles. The van der Waals surface area contributed by atoms with Crippen LogP contribution in [0.4, 0.5) is 0 Å². The first-order valence-electron chi connectivity index (χ1n) is 7.43. The molecule has 0 atom stereocenters. The lowest BCUT2D eigenvalue weighted by Gasteiger charge is -2.03. The molecule has 3 aromatic rings. The Kier molecular flexibility index (Phi) is 4.90. The topological polar surface area (TPSA) is 72.2 Å². The molecule has 0 fully saturated rings. The van der Waals surface area contributed by atoms with Crippen molar-refractivity contribution in [3.05, 3.63) is 54.4 Å². The molecule has 0 aliphatic rings. The van der Waals surface area contributed by atoms with Crippen molar-refractivity contribution < 1.29 is 4.79 Å². The molecule has 1 aromatic carbocycles. The molecular formula is C17H17N5OS. The summed E-state index contributed by atoms with van der Waals surface area (Å²) in [6, 6.07) is 11.6. The Bertz CT molecular complexity index is 888. The summed E-state index contributed by atoms with van der Waals surface area (Å²) < 4.78 is 1.98. The highest BCUT2D eigenvalue weighted by Gasteiger charge is 2.10. The number of fused-ring (bicyclic) bond motifs is 1. The molecule has 1 amide bonds. The Morgan fingerprint density at radius 3 is 2.88 bits per heavy atom. The summed E-state index contributed by atoms with van der Waals surface area (Å²) in [7, 11) is 1.94. The average Bonchev–Trinajstić information content (AvgIpc) is 2.95. The zero-order chi connectivity index (χ0) is 16.9. The Morgan fingerprint density at radius 2 is 2.12 bits per heavy atom. The molecule has 0 spiro atoms. The average molecular weight is 339 g/mol. The number of carbonyl (C=O) groups is 1. The molecule has 0 bridgehead atoms. The van der Waals surface area contributed by atoms with Gasteiger partial charge in [-0.3, -0.25) is 9.78 Å². The van der Waals surface area contributed by atoms with Crippen LogP contribution in [0.15, 0.2) is 59.0 Å². The Hall–Kier alpha value is -2.67. The van der Waals surface area contributed by atoms with Crippen LogP contribution in [-0.2, 0) is 11.8 Å². The van der Waals surface area contributed by atoms with E-state index >= 15 is 0 Å². The Balaban J connectivity index is 1.60. The summed E-state index contributed by atoms with van der Waals surface area (Å²) in [6.45, 7) is 1.83. The number of nitrogens with zero attached hydrogens (tertiary/aromatic N) is 4. The van der Waals surface area contributed by atoms with Gasteiger partial charge in [-0.15, -0.1) is 0 Å². The quantitative estimate of drug-likeness (QED) is 0.441. The van der Waals surface area contributed by atoms with Gasteiger partial charge in [0.25, 0.3) is 5.91 Å². The number of rotatable bonds is 5. The number of benzene rings is 1. The van der Waals surface area contributed by atoms with Gasteiger partial charge in [0.1, 0.15) is 0 Å². The molecule has 2 aromatic heterocycles. The minimum atomic E-state index is -0.171. The van der Waals surface area contributed by atoms with Gasteiger partial charge in [0.05, 0.1) is 22.5 Å². The van der Waals surface area contributed by atoms with Gasteiger partial charge < -0.3 is 4.57 Å². The number of aryl methyl sites for hydroxylation is 1. The van der Waals surface area contributed by atoms with E-state index in [4.69, 9.17) is 0 Å². The SMILES string of the molecule is CC(=NNC(=O)CSc1nc2ccccc2n1C)c1cccnc1. The van der Waals surface area contributed by atoms with Crippen LogP contribution in [0, 0.1) is 0 Å². The molecule has 7 heteroatoms. The van der Waals surface area contributed by atoms with Gasteiger partial charge in [0, 0.05) is 25.0 Å². The van der Waals surface area contributed by atoms with Gasteiger partial charge in [-0.2, -0.15) is 5.10 Å². The van der Waals surface area contributed by atoms with Gasteiger partial charge in [-0.1, -0.05) is 30.0 Å². The number of aromatic nitrogens is 3. The zero-order valence-electron chi connectivity index (χ0n) is 13.4. The van der Waals surface area contributed by atoms with E-state index in [0.29, 0.717) is 5.71 Å². The van der Waals surface area contributed by atoms with Crippen molar-refractivity contribution in [2.75, 3.05) is 5.75 Å².